The average Bonchev–Trinajstić information content (AvgIpc) is 2.85. The largest absolute Gasteiger partial charge is 0.493 e. The lowest BCUT2D eigenvalue weighted by atomic mass is 9.95. The number of nitrogens with two attached hydrogens (primary N) is 1. The summed E-state index contributed by atoms with van der Waals surface area (Å²) in [5.41, 5.74) is 10.8. The summed E-state index contributed by atoms with van der Waals surface area (Å²) >= 11 is 0. The van der Waals surface area contributed by atoms with E-state index < -0.39 is 0 Å². The van der Waals surface area contributed by atoms with E-state index in [1.165, 1.54) is 22.3 Å². The van der Waals surface area contributed by atoms with Gasteiger partial charge < -0.3 is 15.2 Å². The van der Waals surface area contributed by atoms with Gasteiger partial charge in [-0.1, -0.05) is 0 Å². The minimum Gasteiger partial charge on any atom is -0.493 e. The quantitative estimate of drug-likeness (QED) is 0.752. The van der Waals surface area contributed by atoms with Crippen molar-refractivity contribution >= 4 is 0 Å². The minimum atomic E-state index is 0.550. The van der Waals surface area contributed by atoms with Crippen LogP contribution < -0.4 is 15.2 Å². The van der Waals surface area contributed by atoms with E-state index in [4.69, 9.17) is 15.2 Å². The van der Waals surface area contributed by atoms with Crippen molar-refractivity contribution in [1.82, 2.24) is 0 Å². The van der Waals surface area contributed by atoms with Gasteiger partial charge in [0.15, 0.2) is 0 Å². The van der Waals surface area contributed by atoms with Crippen molar-refractivity contribution in [2.75, 3.05) is 13.2 Å². The summed E-state index contributed by atoms with van der Waals surface area (Å²) in [7, 11) is 0. The summed E-state index contributed by atoms with van der Waals surface area (Å²) in [6, 6.07) is 0. The van der Waals surface area contributed by atoms with Gasteiger partial charge in [0, 0.05) is 36.1 Å². The summed E-state index contributed by atoms with van der Waals surface area (Å²) in [6.07, 6.45) is 1.96. The van der Waals surface area contributed by atoms with Crippen LogP contribution >= 0.6 is 0 Å². The van der Waals surface area contributed by atoms with Gasteiger partial charge in [-0.05, 0) is 12.5 Å². The van der Waals surface area contributed by atoms with Crippen molar-refractivity contribution in [3.05, 3.63) is 22.3 Å². The van der Waals surface area contributed by atoms with Gasteiger partial charge in [0.05, 0.1) is 13.2 Å². The smallest absolute Gasteiger partial charge is 0.127 e. The molecule has 0 spiro atoms. The Hall–Kier alpha value is -1.22. The van der Waals surface area contributed by atoms with Crippen LogP contribution in [0.5, 0.6) is 11.5 Å². The van der Waals surface area contributed by atoms with Crippen LogP contribution in [-0.2, 0) is 19.4 Å². The third-order valence-electron chi connectivity index (χ3n) is 3.38. The number of hydrogen-bond donors (Lipinski definition) is 1. The van der Waals surface area contributed by atoms with E-state index in [1.54, 1.807) is 0 Å². The van der Waals surface area contributed by atoms with Crippen molar-refractivity contribution in [2.24, 2.45) is 5.73 Å². The van der Waals surface area contributed by atoms with Gasteiger partial charge in [0.2, 0.25) is 0 Å². The molecule has 0 amide bonds. The van der Waals surface area contributed by atoms with Crippen LogP contribution in [0.4, 0.5) is 0 Å². The van der Waals surface area contributed by atoms with Gasteiger partial charge in [0.1, 0.15) is 11.5 Å². The molecule has 0 fully saturated rings. The van der Waals surface area contributed by atoms with Gasteiger partial charge in [-0.3, -0.25) is 0 Å². The molecule has 3 nitrogen and oxygen atoms in total. The molecule has 2 aliphatic heterocycles. The van der Waals surface area contributed by atoms with Crippen LogP contribution in [0.2, 0.25) is 0 Å². The maximum atomic E-state index is 5.81. The first-order chi connectivity index (χ1) is 7.33. The molecule has 0 aromatic heterocycles. The number of rotatable bonds is 1. The predicted molar refractivity (Wildman–Crippen MR) is 57.5 cm³/mol. The zero-order chi connectivity index (χ0) is 10.4. The second-order valence-corrected chi connectivity index (χ2v) is 4.12. The Labute approximate surface area is 89.2 Å². The molecule has 15 heavy (non-hydrogen) atoms. The predicted octanol–water partition coefficient (Wildman–Crippen LogP) is 1.32. The maximum absolute atomic E-state index is 5.81. The molecule has 0 saturated heterocycles. The Bertz CT molecular complexity index is 391. The Morgan fingerprint density at radius 3 is 2.47 bits per heavy atom. The molecular formula is C12H15NO2. The van der Waals surface area contributed by atoms with Crippen LogP contribution in [0, 0.1) is 6.92 Å². The first-order valence-electron chi connectivity index (χ1n) is 5.45. The highest BCUT2D eigenvalue weighted by atomic mass is 16.5. The van der Waals surface area contributed by atoms with E-state index in [0.717, 1.165) is 37.6 Å². The highest BCUT2D eigenvalue weighted by molar-refractivity contribution is 5.61. The SMILES string of the molecule is Cc1c2c(c(CN)c3c1OCC3)OCC2. The Morgan fingerprint density at radius 2 is 1.73 bits per heavy atom. The Kier molecular flexibility index (Phi) is 1.89. The molecule has 2 aliphatic rings. The topological polar surface area (TPSA) is 44.5 Å². The minimum absolute atomic E-state index is 0.550. The molecule has 0 radical (unpaired) electrons. The van der Waals surface area contributed by atoms with E-state index in [-0.39, 0.29) is 0 Å². The Morgan fingerprint density at radius 1 is 1.07 bits per heavy atom. The highest BCUT2D eigenvalue weighted by Crippen LogP contribution is 2.43. The van der Waals surface area contributed by atoms with Gasteiger partial charge >= 0.3 is 0 Å². The van der Waals surface area contributed by atoms with Gasteiger partial charge in [0.25, 0.3) is 0 Å². The van der Waals surface area contributed by atoms with Crippen LogP contribution in [0.15, 0.2) is 0 Å². The zero-order valence-electron chi connectivity index (χ0n) is 8.93. The van der Waals surface area contributed by atoms with Crippen molar-refractivity contribution in [3.63, 3.8) is 0 Å². The summed E-state index contributed by atoms with van der Waals surface area (Å²) in [5.74, 6) is 2.11. The maximum Gasteiger partial charge on any atom is 0.127 e. The van der Waals surface area contributed by atoms with E-state index in [9.17, 15) is 0 Å². The fourth-order valence-electron chi connectivity index (χ4n) is 2.65. The number of hydrogen-bond acceptors (Lipinski definition) is 3. The summed E-state index contributed by atoms with van der Waals surface area (Å²) in [5, 5.41) is 0. The molecule has 1 aromatic carbocycles. The molecule has 2 N–H and O–H groups in total. The van der Waals surface area contributed by atoms with Gasteiger partial charge in [-0.15, -0.1) is 0 Å². The summed E-state index contributed by atoms with van der Waals surface area (Å²) in [4.78, 5) is 0. The lowest BCUT2D eigenvalue weighted by Crippen LogP contribution is -2.04. The summed E-state index contributed by atoms with van der Waals surface area (Å²) < 4.78 is 11.4. The molecular weight excluding hydrogens is 190 g/mol. The van der Waals surface area contributed by atoms with Crippen LogP contribution in [0.25, 0.3) is 0 Å². The number of fused-ring (bicyclic) bond motifs is 2. The molecule has 80 valence electrons. The van der Waals surface area contributed by atoms with Crippen molar-refractivity contribution in [3.8, 4) is 11.5 Å². The number of benzene rings is 1. The lowest BCUT2D eigenvalue weighted by molar-refractivity contribution is 0.353. The third-order valence-corrected chi connectivity index (χ3v) is 3.38. The van der Waals surface area contributed by atoms with Crippen molar-refractivity contribution < 1.29 is 9.47 Å². The van der Waals surface area contributed by atoms with Crippen LogP contribution in [0.3, 0.4) is 0 Å². The molecule has 3 heteroatoms. The standard InChI is InChI=1S/C12H15NO2/c1-7-8-2-4-15-12(8)10(6-13)9-3-5-14-11(7)9/h2-6,13H2,1H3. The third kappa shape index (κ3) is 1.10. The first kappa shape index (κ1) is 9.04. The van der Waals surface area contributed by atoms with Crippen molar-refractivity contribution in [2.45, 2.75) is 26.3 Å². The van der Waals surface area contributed by atoms with E-state index in [1.807, 2.05) is 0 Å². The first-order valence-corrected chi connectivity index (χ1v) is 5.45. The average molecular weight is 205 g/mol. The molecule has 0 bridgehead atoms. The molecule has 0 saturated carbocycles. The zero-order valence-corrected chi connectivity index (χ0v) is 8.93. The molecule has 0 unspecified atom stereocenters. The number of ether oxygens (including phenoxy) is 2. The van der Waals surface area contributed by atoms with Crippen LogP contribution in [-0.4, -0.2) is 13.2 Å². The van der Waals surface area contributed by atoms with E-state index in [2.05, 4.69) is 6.92 Å². The second-order valence-electron chi connectivity index (χ2n) is 4.12. The molecule has 1 aromatic rings. The molecule has 2 heterocycles. The summed E-state index contributed by atoms with van der Waals surface area (Å²) in [6.45, 7) is 4.24. The van der Waals surface area contributed by atoms with Crippen molar-refractivity contribution in [1.29, 1.82) is 0 Å². The van der Waals surface area contributed by atoms with E-state index >= 15 is 0 Å². The van der Waals surface area contributed by atoms with Crippen LogP contribution in [0.1, 0.15) is 22.3 Å². The lowest BCUT2D eigenvalue weighted by Gasteiger charge is -2.14. The molecule has 0 atom stereocenters. The molecule has 0 aliphatic carbocycles. The molecule has 3 rings (SSSR count). The monoisotopic (exact) mass is 205 g/mol. The van der Waals surface area contributed by atoms with Gasteiger partial charge in [-0.2, -0.15) is 0 Å². The fourth-order valence-corrected chi connectivity index (χ4v) is 2.65. The normalized spacial score (nSPS) is 16.9. The fraction of sp³-hybridized carbons (Fsp3) is 0.500. The van der Waals surface area contributed by atoms with Gasteiger partial charge in [-0.25, -0.2) is 0 Å². The Balaban J connectivity index is 2.31. The highest BCUT2D eigenvalue weighted by Gasteiger charge is 2.28. The second kappa shape index (κ2) is 3.14. The van der Waals surface area contributed by atoms with E-state index in [0.29, 0.717) is 6.54 Å².